The van der Waals surface area contributed by atoms with E-state index in [0.717, 1.165) is 54.5 Å². The summed E-state index contributed by atoms with van der Waals surface area (Å²) in [5.41, 5.74) is 10.1. The second kappa shape index (κ2) is 6.47. The van der Waals surface area contributed by atoms with Crippen molar-refractivity contribution in [3.63, 3.8) is 0 Å². The zero-order chi connectivity index (χ0) is 19.3. The standard InChI is InChI=1S/C20H22N6O2/c1-25-10-13(9-23-25)17-11-26-18(6-7-22-26)20(24-17)28-14-3-2-12(8-14)15-4-5-16(15)19(21)27/h6-7,9-12,14H,2-5,8H2,1H3,(H2,21,27)/t12-,14+/m1/s1. The summed E-state index contributed by atoms with van der Waals surface area (Å²) in [5.74, 6) is 0.711. The summed E-state index contributed by atoms with van der Waals surface area (Å²) < 4.78 is 9.86. The number of rotatable bonds is 5. The highest BCUT2D eigenvalue weighted by atomic mass is 16.5. The van der Waals surface area contributed by atoms with Crippen LogP contribution in [0.5, 0.6) is 5.88 Å². The van der Waals surface area contributed by atoms with Crippen LogP contribution < -0.4 is 10.5 Å². The van der Waals surface area contributed by atoms with Gasteiger partial charge in [-0.1, -0.05) is 5.57 Å². The van der Waals surface area contributed by atoms with Crippen LogP contribution >= 0.6 is 0 Å². The molecule has 0 radical (unpaired) electrons. The van der Waals surface area contributed by atoms with Crippen LogP contribution in [0.3, 0.4) is 0 Å². The molecule has 0 unspecified atom stereocenters. The van der Waals surface area contributed by atoms with Crippen LogP contribution in [0.1, 0.15) is 32.1 Å². The first kappa shape index (κ1) is 17.0. The molecule has 0 aliphatic heterocycles. The van der Waals surface area contributed by atoms with E-state index in [0.29, 0.717) is 11.8 Å². The van der Waals surface area contributed by atoms with E-state index in [-0.39, 0.29) is 12.0 Å². The maximum atomic E-state index is 11.5. The summed E-state index contributed by atoms with van der Waals surface area (Å²) in [6, 6.07) is 1.90. The Balaban J connectivity index is 1.40. The van der Waals surface area contributed by atoms with Crippen molar-refractivity contribution in [1.82, 2.24) is 24.4 Å². The third-order valence-electron chi connectivity index (χ3n) is 5.84. The quantitative estimate of drug-likeness (QED) is 0.734. The predicted molar refractivity (Wildman–Crippen MR) is 102 cm³/mol. The maximum absolute atomic E-state index is 11.5. The zero-order valence-corrected chi connectivity index (χ0v) is 15.7. The summed E-state index contributed by atoms with van der Waals surface area (Å²) in [5, 5.41) is 8.58. The minimum atomic E-state index is -0.266. The number of ether oxygens (including phenoxy) is 1. The molecule has 2 aliphatic rings. The molecule has 1 saturated carbocycles. The Morgan fingerprint density at radius 3 is 2.86 bits per heavy atom. The van der Waals surface area contributed by atoms with Crippen LogP contribution in [0, 0.1) is 5.92 Å². The number of nitrogens with zero attached hydrogens (tertiary/aromatic N) is 5. The number of carbonyl (C=O) groups excluding carboxylic acids is 1. The molecular formula is C20H22N6O2. The average Bonchev–Trinajstić information content (AvgIpc) is 3.34. The Morgan fingerprint density at radius 2 is 2.14 bits per heavy atom. The van der Waals surface area contributed by atoms with Gasteiger partial charge in [-0.2, -0.15) is 10.2 Å². The smallest absolute Gasteiger partial charge is 0.244 e. The molecule has 3 heterocycles. The van der Waals surface area contributed by atoms with Crippen molar-refractivity contribution < 1.29 is 9.53 Å². The number of primary amides is 1. The van der Waals surface area contributed by atoms with Crippen LogP contribution in [-0.2, 0) is 11.8 Å². The van der Waals surface area contributed by atoms with Gasteiger partial charge in [-0.15, -0.1) is 0 Å². The normalized spacial score (nSPS) is 21.9. The van der Waals surface area contributed by atoms with Crippen LogP contribution in [0.2, 0.25) is 0 Å². The van der Waals surface area contributed by atoms with Crippen molar-refractivity contribution in [2.75, 3.05) is 0 Å². The Morgan fingerprint density at radius 1 is 1.25 bits per heavy atom. The fourth-order valence-corrected chi connectivity index (χ4v) is 4.32. The number of carbonyl (C=O) groups is 1. The summed E-state index contributed by atoms with van der Waals surface area (Å²) in [7, 11) is 1.88. The number of aryl methyl sites for hydroxylation is 1. The third-order valence-corrected chi connectivity index (χ3v) is 5.84. The molecule has 0 saturated heterocycles. The molecule has 0 bridgehead atoms. The van der Waals surface area contributed by atoms with Gasteiger partial charge in [0.1, 0.15) is 11.6 Å². The lowest BCUT2D eigenvalue weighted by Gasteiger charge is -2.26. The van der Waals surface area contributed by atoms with E-state index < -0.39 is 0 Å². The highest BCUT2D eigenvalue weighted by Gasteiger charge is 2.35. The molecule has 2 atom stereocenters. The predicted octanol–water partition coefficient (Wildman–Crippen LogP) is 2.25. The molecule has 5 rings (SSSR count). The average molecular weight is 378 g/mol. The molecule has 2 aliphatic carbocycles. The highest BCUT2D eigenvalue weighted by molar-refractivity contribution is 5.94. The molecule has 28 heavy (non-hydrogen) atoms. The number of aromatic nitrogens is 5. The van der Waals surface area contributed by atoms with E-state index in [1.54, 1.807) is 21.6 Å². The van der Waals surface area contributed by atoms with Crippen molar-refractivity contribution in [2.24, 2.45) is 18.7 Å². The van der Waals surface area contributed by atoms with Gasteiger partial charge < -0.3 is 10.5 Å². The lowest BCUT2D eigenvalue weighted by Crippen LogP contribution is -2.24. The number of nitrogens with two attached hydrogens (primary N) is 1. The Bertz CT molecular complexity index is 1100. The molecule has 1 amide bonds. The minimum absolute atomic E-state index is 0.0718. The summed E-state index contributed by atoms with van der Waals surface area (Å²) >= 11 is 0. The van der Waals surface area contributed by atoms with E-state index in [1.807, 2.05) is 25.5 Å². The van der Waals surface area contributed by atoms with Crippen molar-refractivity contribution >= 4 is 11.4 Å². The Kier molecular flexibility index (Phi) is 3.92. The molecule has 0 spiro atoms. The first-order valence-electron chi connectivity index (χ1n) is 9.60. The van der Waals surface area contributed by atoms with Gasteiger partial charge in [0.25, 0.3) is 0 Å². The van der Waals surface area contributed by atoms with E-state index in [1.165, 1.54) is 5.57 Å². The van der Waals surface area contributed by atoms with Crippen molar-refractivity contribution in [2.45, 2.75) is 38.2 Å². The van der Waals surface area contributed by atoms with E-state index in [4.69, 9.17) is 15.5 Å². The fourth-order valence-electron chi connectivity index (χ4n) is 4.32. The molecular weight excluding hydrogens is 356 g/mol. The second-order valence-corrected chi connectivity index (χ2v) is 7.61. The highest BCUT2D eigenvalue weighted by Crippen LogP contribution is 2.42. The first-order valence-corrected chi connectivity index (χ1v) is 9.60. The Labute approximate surface area is 162 Å². The van der Waals surface area contributed by atoms with Crippen molar-refractivity contribution in [1.29, 1.82) is 0 Å². The number of hydrogen-bond donors (Lipinski definition) is 1. The van der Waals surface area contributed by atoms with E-state index in [9.17, 15) is 4.79 Å². The molecule has 144 valence electrons. The molecule has 0 aromatic carbocycles. The van der Waals surface area contributed by atoms with Crippen molar-refractivity contribution in [3.05, 3.63) is 42.0 Å². The van der Waals surface area contributed by atoms with Crippen LogP contribution in [0.4, 0.5) is 0 Å². The summed E-state index contributed by atoms with van der Waals surface area (Å²) in [6.07, 6.45) is 12.1. The van der Waals surface area contributed by atoms with Crippen molar-refractivity contribution in [3.8, 4) is 17.1 Å². The van der Waals surface area contributed by atoms with Gasteiger partial charge in [0.15, 0.2) is 0 Å². The third kappa shape index (κ3) is 2.85. The Hall–Kier alpha value is -3.16. The topological polar surface area (TPSA) is 100 Å². The van der Waals surface area contributed by atoms with Gasteiger partial charge in [-0.3, -0.25) is 9.48 Å². The number of hydrogen-bond acceptors (Lipinski definition) is 5. The van der Waals surface area contributed by atoms with E-state index in [2.05, 4.69) is 10.2 Å². The lowest BCUT2D eigenvalue weighted by atomic mass is 9.79. The van der Waals surface area contributed by atoms with Gasteiger partial charge in [-0.05, 0) is 44.1 Å². The molecule has 2 N–H and O–H groups in total. The van der Waals surface area contributed by atoms with Gasteiger partial charge in [-0.25, -0.2) is 9.50 Å². The summed E-state index contributed by atoms with van der Waals surface area (Å²) in [4.78, 5) is 16.3. The number of fused-ring (bicyclic) bond motifs is 1. The van der Waals surface area contributed by atoms with Gasteiger partial charge in [0, 0.05) is 24.4 Å². The fraction of sp³-hybridized carbons (Fsp3) is 0.400. The largest absolute Gasteiger partial charge is 0.473 e. The van der Waals surface area contributed by atoms with E-state index >= 15 is 0 Å². The zero-order valence-electron chi connectivity index (χ0n) is 15.7. The second-order valence-electron chi connectivity index (χ2n) is 7.61. The molecule has 8 nitrogen and oxygen atoms in total. The maximum Gasteiger partial charge on any atom is 0.244 e. The minimum Gasteiger partial charge on any atom is -0.473 e. The van der Waals surface area contributed by atoms with Crippen LogP contribution in [0.25, 0.3) is 16.8 Å². The van der Waals surface area contributed by atoms with Crippen LogP contribution in [0.15, 0.2) is 42.0 Å². The van der Waals surface area contributed by atoms with Gasteiger partial charge >= 0.3 is 0 Å². The number of allylic oxidation sites excluding steroid dienone is 1. The molecule has 8 heteroatoms. The van der Waals surface area contributed by atoms with Crippen LogP contribution in [-0.4, -0.2) is 36.4 Å². The van der Waals surface area contributed by atoms with Gasteiger partial charge in [0.2, 0.25) is 11.8 Å². The monoisotopic (exact) mass is 378 g/mol. The SMILES string of the molecule is Cn1cc(-c2cn3nccc3c(O[C@H]3CC[C@@H](C4=C(C(N)=O)CC4)C3)n2)cn1. The number of amides is 1. The lowest BCUT2D eigenvalue weighted by molar-refractivity contribution is -0.115. The molecule has 3 aromatic heterocycles. The molecule has 3 aromatic rings. The summed E-state index contributed by atoms with van der Waals surface area (Å²) in [6.45, 7) is 0. The van der Waals surface area contributed by atoms with Gasteiger partial charge in [0.05, 0.1) is 24.3 Å². The molecule has 1 fully saturated rings. The first-order chi connectivity index (χ1) is 13.6.